The van der Waals surface area contributed by atoms with Gasteiger partial charge >= 0.3 is 11.9 Å². The minimum absolute atomic E-state index is 0.309. The predicted octanol–water partition coefficient (Wildman–Crippen LogP) is 3.74. The summed E-state index contributed by atoms with van der Waals surface area (Å²) in [6, 6.07) is 12.4. The number of hydrogen-bond donors (Lipinski definition) is 0. The number of pyridine rings is 1. The summed E-state index contributed by atoms with van der Waals surface area (Å²) in [5.74, 6) is -0.760. The highest BCUT2D eigenvalue weighted by molar-refractivity contribution is 6.07. The lowest BCUT2D eigenvalue weighted by atomic mass is 10.0. The number of fused-ring (bicyclic) bond motifs is 2. The van der Waals surface area contributed by atoms with Crippen molar-refractivity contribution in [2.45, 2.75) is 13.8 Å². The van der Waals surface area contributed by atoms with Gasteiger partial charge in [-0.15, -0.1) is 0 Å². The average molecular weight is 323 g/mol. The third kappa shape index (κ3) is 2.93. The summed E-state index contributed by atoms with van der Waals surface area (Å²) in [5.41, 5.74) is 2.37. The number of hydrogen-bond acceptors (Lipinski definition) is 5. The summed E-state index contributed by atoms with van der Waals surface area (Å²) < 4.78 is 10.1. The fourth-order valence-corrected chi connectivity index (χ4v) is 2.59. The topological polar surface area (TPSA) is 65.5 Å². The molecule has 0 aliphatic rings. The van der Waals surface area contributed by atoms with Gasteiger partial charge < -0.3 is 9.47 Å². The van der Waals surface area contributed by atoms with Crippen LogP contribution in [0.1, 0.15) is 34.6 Å². The molecule has 1 aromatic heterocycles. The first-order chi connectivity index (χ1) is 11.6. The molecule has 3 aromatic rings. The Balaban J connectivity index is 2.17. The number of aromatic nitrogens is 1. The highest BCUT2D eigenvalue weighted by Gasteiger charge is 2.13. The van der Waals surface area contributed by atoms with E-state index in [1.807, 2.05) is 12.1 Å². The zero-order chi connectivity index (χ0) is 17.1. The van der Waals surface area contributed by atoms with Crippen molar-refractivity contribution in [2.75, 3.05) is 13.2 Å². The summed E-state index contributed by atoms with van der Waals surface area (Å²) >= 11 is 0. The molecular weight excluding hydrogens is 306 g/mol. The third-order valence-electron chi connectivity index (χ3n) is 3.66. The zero-order valence-corrected chi connectivity index (χ0v) is 13.5. The van der Waals surface area contributed by atoms with Crippen molar-refractivity contribution < 1.29 is 19.1 Å². The van der Waals surface area contributed by atoms with Gasteiger partial charge in [-0.2, -0.15) is 0 Å². The third-order valence-corrected chi connectivity index (χ3v) is 3.66. The molecule has 0 radical (unpaired) electrons. The van der Waals surface area contributed by atoms with Gasteiger partial charge in [0.05, 0.1) is 35.4 Å². The van der Waals surface area contributed by atoms with Crippen LogP contribution in [0.5, 0.6) is 0 Å². The van der Waals surface area contributed by atoms with E-state index in [9.17, 15) is 9.59 Å². The fraction of sp³-hybridized carbons (Fsp3) is 0.211. The first-order valence-corrected chi connectivity index (χ1v) is 7.81. The van der Waals surface area contributed by atoms with Crippen LogP contribution in [-0.4, -0.2) is 30.1 Å². The Bertz CT molecular complexity index is 933. The number of benzene rings is 2. The van der Waals surface area contributed by atoms with Crippen LogP contribution >= 0.6 is 0 Å². The van der Waals surface area contributed by atoms with Gasteiger partial charge in [0.25, 0.3) is 0 Å². The van der Waals surface area contributed by atoms with Gasteiger partial charge in [-0.25, -0.2) is 14.6 Å². The van der Waals surface area contributed by atoms with Crippen molar-refractivity contribution in [3.8, 4) is 0 Å². The van der Waals surface area contributed by atoms with Gasteiger partial charge in [-0.1, -0.05) is 6.07 Å². The molecule has 0 aliphatic heterocycles. The molecule has 5 nitrogen and oxygen atoms in total. The van der Waals surface area contributed by atoms with Crippen LogP contribution in [0.15, 0.2) is 42.5 Å². The predicted molar refractivity (Wildman–Crippen MR) is 91.2 cm³/mol. The van der Waals surface area contributed by atoms with Crippen molar-refractivity contribution in [1.29, 1.82) is 0 Å². The van der Waals surface area contributed by atoms with Crippen LogP contribution in [0.2, 0.25) is 0 Å². The molecule has 122 valence electrons. The first-order valence-electron chi connectivity index (χ1n) is 7.81. The van der Waals surface area contributed by atoms with Gasteiger partial charge in [-0.05, 0) is 50.2 Å². The Labute approximate surface area is 139 Å². The maximum Gasteiger partial charge on any atom is 0.338 e. The molecule has 0 bridgehead atoms. The molecule has 24 heavy (non-hydrogen) atoms. The molecule has 5 heteroatoms. The fourth-order valence-electron chi connectivity index (χ4n) is 2.59. The summed E-state index contributed by atoms with van der Waals surface area (Å²) in [6.45, 7) is 4.16. The monoisotopic (exact) mass is 323 g/mol. The van der Waals surface area contributed by atoms with E-state index in [4.69, 9.17) is 9.47 Å². The molecule has 0 spiro atoms. The first kappa shape index (κ1) is 15.9. The van der Waals surface area contributed by atoms with Crippen molar-refractivity contribution in [2.24, 2.45) is 0 Å². The van der Waals surface area contributed by atoms with Crippen LogP contribution in [0.3, 0.4) is 0 Å². The van der Waals surface area contributed by atoms with Crippen molar-refractivity contribution >= 4 is 33.7 Å². The Morgan fingerprint density at radius 2 is 1.67 bits per heavy atom. The van der Waals surface area contributed by atoms with Gasteiger partial charge in [-0.3, -0.25) is 0 Å². The molecule has 3 rings (SSSR count). The van der Waals surface area contributed by atoms with Crippen LogP contribution in [-0.2, 0) is 9.47 Å². The molecule has 2 aromatic carbocycles. The highest BCUT2D eigenvalue weighted by Crippen LogP contribution is 2.24. The Morgan fingerprint density at radius 3 is 2.42 bits per heavy atom. The Hall–Kier alpha value is -2.95. The number of rotatable bonds is 4. The quantitative estimate of drug-likeness (QED) is 0.540. The maximum absolute atomic E-state index is 12.1. The molecule has 0 aliphatic carbocycles. The summed E-state index contributed by atoms with van der Waals surface area (Å²) in [4.78, 5) is 28.6. The van der Waals surface area contributed by atoms with Crippen LogP contribution in [0.4, 0.5) is 0 Å². The van der Waals surface area contributed by atoms with E-state index < -0.39 is 0 Å². The Morgan fingerprint density at radius 1 is 0.917 bits per heavy atom. The molecule has 0 N–H and O–H groups in total. The lowest BCUT2D eigenvalue weighted by Crippen LogP contribution is -2.06. The second-order valence-electron chi connectivity index (χ2n) is 5.21. The van der Waals surface area contributed by atoms with Crippen molar-refractivity contribution in [3.05, 3.63) is 53.6 Å². The number of esters is 2. The summed E-state index contributed by atoms with van der Waals surface area (Å²) in [6.07, 6.45) is 0. The number of carbonyl (C=O) groups excluding carboxylic acids is 2. The van der Waals surface area contributed by atoms with Crippen LogP contribution in [0.25, 0.3) is 21.8 Å². The van der Waals surface area contributed by atoms with E-state index in [-0.39, 0.29) is 11.9 Å². The second-order valence-corrected chi connectivity index (χ2v) is 5.21. The molecule has 0 saturated carbocycles. The largest absolute Gasteiger partial charge is 0.462 e. The highest BCUT2D eigenvalue weighted by atomic mass is 16.5. The second kappa shape index (κ2) is 6.66. The SMILES string of the molecule is CCOC(=O)c1ccc2nc3cccc(C(=O)OCC)c3cc2c1. The maximum atomic E-state index is 12.1. The standard InChI is InChI=1S/C19H17NO4/c1-3-23-18(21)12-8-9-16-13(10-12)11-15-14(19(22)24-4-2)6-5-7-17(15)20-16/h5-11H,3-4H2,1-2H3. The molecule has 0 amide bonds. The zero-order valence-electron chi connectivity index (χ0n) is 13.5. The molecular formula is C19H17NO4. The van der Waals surface area contributed by atoms with Gasteiger partial charge in [0.1, 0.15) is 0 Å². The molecule has 1 heterocycles. The minimum atomic E-state index is -0.384. The number of carbonyl (C=O) groups is 2. The van der Waals surface area contributed by atoms with E-state index in [2.05, 4.69) is 4.98 Å². The summed E-state index contributed by atoms with van der Waals surface area (Å²) in [5, 5.41) is 1.47. The van der Waals surface area contributed by atoms with Gasteiger partial charge in [0.15, 0.2) is 0 Å². The lowest BCUT2D eigenvalue weighted by molar-refractivity contribution is 0.0518. The molecule has 0 saturated heterocycles. The minimum Gasteiger partial charge on any atom is -0.462 e. The van der Waals surface area contributed by atoms with Crippen molar-refractivity contribution in [3.63, 3.8) is 0 Å². The average Bonchev–Trinajstić information content (AvgIpc) is 2.59. The normalized spacial score (nSPS) is 10.8. The number of nitrogens with zero attached hydrogens (tertiary/aromatic N) is 1. The van der Waals surface area contributed by atoms with E-state index in [1.165, 1.54) is 0 Å². The van der Waals surface area contributed by atoms with Crippen LogP contribution < -0.4 is 0 Å². The van der Waals surface area contributed by atoms with Crippen LogP contribution in [0, 0.1) is 0 Å². The molecule has 0 unspecified atom stereocenters. The van der Waals surface area contributed by atoms with E-state index in [0.717, 1.165) is 10.9 Å². The molecule has 0 fully saturated rings. The van der Waals surface area contributed by atoms with E-state index in [0.29, 0.717) is 35.2 Å². The summed E-state index contributed by atoms with van der Waals surface area (Å²) in [7, 11) is 0. The van der Waals surface area contributed by atoms with Crippen molar-refractivity contribution in [1.82, 2.24) is 4.98 Å². The van der Waals surface area contributed by atoms with Gasteiger partial charge in [0.2, 0.25) is 0 Å². The van der Waals surface area contributed by atoms with E-state index >= 15 is 0 Å². The smallest absolute Gasteiger partial charge is 0.338 e. The van der Waals surface area contributed by atoms with E-state index in [1.54, 1.807) is 44.2 Å². The number of ether oxygens (including phenoxy) is 2. The lowest BCUT2D eigenvalue weighted by Gasteiger charge is -2.08. The van der Waals surface area contributed by atoms with Gasteiger partial charge in [0, 0.05) is 10.8 Å². The Kier molecular flexibility index (Phi) is 4.42. The molecule has 0 atom stereocenters.